The third kappa shape index (κ3) is 4.23. The predicted octanol–water partition coefficient (Wildman–Crippen LogP) is 3.31. The molecule has 2 fully saturated rings. The first kappa shape index (κ1) is 20.3. The van der Waals surface area contributed by atoms with E-state index in [1.54, 1.807) is 4.90 Å². The Morgan fingerprint density at radius 2 is 1.88 bits per heavy atom. The SMILES string of the molecule is O=C(Nc1cccc(-c2nnnn2C2CC2)c1)C1CCCN(C(=O)c2ccc(F)cc2)C1. The van der Waals surface area contributed by atoms with E-state index < -0.39 is 0 Å². The van der Waals surface area contributed by atoms with Crippen molar-refractivity contribution < 1.29 is 14.0 Å². The second-order valence-electron chi connectivity index (χ2n) is 8.35. The van der Waals surface area contributed by atoms with Crippen LogP contribution in [0.3, 0.4) is 0 Å². The molecule has 1 saturated carbocycles. The Morgan fingerprint density at radius 3 is 2.66 bits per heavy atom. The molecule has 2 heterocycles. The molecule has 2 amide bonds. The molecule has 1 aromatic heterocycles. The van der Waals surface area contributed by atoms with Gasteiger partial charge in [0, 0.05) is 29.9 Å². The molecule has 1 saturated heterocycles. The summed E-state index contributed by atoms with van der Waals surface area (Å²) in [5.74, 6) is -0.311. The molecule has 1 aliphatic carbocycles. The minimum absolute atomic E-state index is 0.124. The number of amides is 2. The first-order valence-electron chi connectivity index (χ1n) is 10.8. The second kappa shape index (κ2) is 8.49. The van der Waals surface area contributed by atoms with Crippen LogP contribution in [-0.2, 0) is 4.79 Å². The number of likely N-dealkylation sites (tertiary alicyclic amines) is 1. The van der Waals surface area contributed by atoms with Crippen molar-refractivity contribution in [3.05, 3.63) is 59.9 Å². The molecule has 1 aliphatic heterocycles. The monoisotopic (exact) mass is 434 g/mol. The molecular formula is C23H23FN6O2. The van der Waals surface area contributed by atoms with Gasteiger partial charge in [-0.15, -0.1) is 5.10 Å². The lowest BCUT2D eigenvalue weighted by Crippen LogP contribution is -2.43. The lowest BCUT2D eigenvalue weighted by Gasteiger charge is -2.32. The first-order valence-corrected chi connectivity index (χ1v) is 10.8. The summed E-state index contributed by atoms with van der Waals surface area (Å²) < 4.78 is 15.0. The van der Waals surface area contributed by atoms with Gasteiger partial charge in [0.15, 0.2) is 5.82 Å². The molecule has 0 bridgehead atoms. The Bertz CT molecular complexity index is 1140. The molecule has 1 unspecified atom stereocenters. The van der Waals surface area contributed by atoms with Gasteiger partial charge < -0.3 is 10.2 Å². The number of tetrazole rings is 1. The smallest absolute Gasteiger partial charge is 0.253 e. The van der Waals surface area contributed by atoms with Crippen molar-refractivity contribution in [1.29, 1.82) is 0 Å². The number of piperidine rings is 1. The Hall–Kier alpha value is -3.62. The number of rotatable bonds is 5. The topological polar surface area (TPSA) is 93.0 Å². The number of carbonyl (C=O) groups excluding carboxylic acids is 2. The molecule has 0 spiro atoms. The van der Waals surface area contributed by atoms with Gasteiger partial charge in [-0.2, -0.15) is 0 Å². The van der Waals surface area contributed by atoms with Crippen LogP contribution < -0.4 is 5.32 Å². The molecule has 2 aromatic carbocycles. The van der Waals surface area contributed by atoms with E-state index >= 15 is 0 Å². The van der Waals surface area contributed by atoms with E-state index in [1.165, 1.54) is 24.3 Å². The molecular weight excluding hydrogens is 411 g/mol. The zero-order valence-corrected chi connectivity index (χ0v) is 17.4. The summed E-state index contributed by atoms with van der Waals surface area (Å²) in [5.41, 5.74) is 1.94. The fraction of sp³-hybridized carbons (Fsp3) is 0.348. The van der Waals surface area contributed by atoms with E-state index in [2.05, 4.69) is 20.8 Å². The Balaban J connectivity index is 1.26. The second-order valence-corrected chi connectivity index (χ2v) is 8.35. The van der Waals surface area contributed by atoms with E-state index in [-0.39, 0.29) is 23.5 Å². The van der Waals surface area contributed by atoms with E-state index in [0.717, 1.165) is 24.8 Å². The number of halogens is 1. The minimum atomic E-state index is -0.383. The quantitative estimate of drug-likeness (QED) is 0.665. The van der Waals surface area contributed by atoms with Crippen LogP contribution in [0.5, 0.6) is 0 Å². The molecule has 3 aromatic rings. The van der Waals surface area contributed by atoms with Crippen LogP contribution in [0.1, 0.15) is 42.1 Å². The normalized spacial score (nSPS) is 18.4. The number of nitrogens with zero attached hydrogens (tertiary/aromatic N) is 5. The highest BCUT2D eigenvalue weighted by Crippen LogP contribution is 2.36. The summed E-state index contributed by atoms with van der Waals surface area (Å²) >= 11 is 0. The summed E-state index contributed by atoms with van der Waals surface area (Å²) in [4.78, 5) is 27.4. The summed E-state index contributed by atoms with van der Waals surface area (Å²) in [6.07, 6.45) is 3.59. The minimum Gasteiger partial charge on any atom is -0.338 e. The molecule has 32 heavy (non-hydrogen) atoms. The zero-order valence-electron chi connectivity index (χ0n) is 17.4. The van der Waals surface area contributed by atoms with Crippen LogP contribution in [0.2, 0.25) is 0 Å². The highest BCUT2D eigenvalue weighted by molar-refractivity contribution is 5.96. The highest BCUT2D eigenvalue weighted by atomic mass is 19.1. The van der Waals surface area contributed by atoms with Gasteiger partial charge in [0.2, 0.25) is 5.91 Å². The number of carbonyl (C=O) groups is 2. The van der Waals surface area contributed by atoms with Crippen LogP contribution in [0.15, 0.2) is 48.5 Å². The predicted molar refractivity (Wildman–Crippen MR) is 115 cm³/mol. The van der Waals surface area contributed by atoms with E-state index in [1.807, 2.05) is 28.9 Å². The van der Waals surface area contributed by atoms with Gasteiger partial charge in [0.25, 0.3) is 5.91 Å². The van der Waals surface area contributed by atoms with Crippen molar-refractivity contribution in [2.75, 3.05) is 18.4 Å². The third-order valence-corrected chi connectivity index (χ3v) is 5.94. The maximum absolute atomic E-state index is 13.2. The number of hydrogen-bond acceptors (Lipinski definition) is 5. The van der Waals surface area contributed by atoms with Gasteiger partial charge in [-0.3, -0.25) is 9.59 Å². The Kier molecular flexibility index (Phi) is 5.38. The Labute approximate surface area is 184 Å². The van der Waals surface area contributed by atoms with Gasteiger partial charge in [0.1, 0.15) is 5.82 Å². The molecule has 0 radical (unpaired) electrons. The molecule has 9 heteroatoms. The standard InChI is InChI=1S/C23H23FN6O2/c24-18-8-6-15(7-9-18)23(32)29-12-2-4-17(14-29)22(31)25-19-5-1-3-16(13-19)21-26-27-28-30(21)20-10-11-20/h1,3,5-9,13,17,20H,2,4,10-12,14H2,(H,25,31). The highest BCUT2D eigenvalue weighted by Gasteiger charge is 2.30. The van der Waals surface area contributed by atoms with Crippen molar-refractivity contribution in [2.45, 2.75) is 31.7 Å². The van der Waals surface area contributed by atoms with Crippen molar-refractivity contribution >= 4 is 17.5 Å². The van der Waals surface area contributed by atoms with Gasteiger partial charge >= 0.3 is 0 Å². The number of hydrogen-bond donors (Lipinski definition) is 1. The van der Waals surface area contributed by atoms with Gasteiger partial charge in [0.05, 0.1) is 12.0 Å². The number of anilines is 1. The van der Waals surface area contributed by atoms with Crippen molar-refractivity contribution in [2.24, 2.45) is 5.92 Å². The van der Waals surface area contributed by atoms with Crippen LogP contribution in [0.4, 0.5) is 10.1 Å². The third-order valence-electron chi connectivity index (χ3n) is 5.94. The van der Waals surface area contributed by atoms with Crippen LogP contribution in [-0.4, -0.2) is 50.0 Å². The largest absolute Gasteiger partial charge is 0.338 e. The molecule has 1 atom stereocenters. The van der Waals surface area contributed by atoms with Crippen molar-refractivity contribution in [1.82, 2.24) is 25.1 Å². The van der Waals surface area contributed by atoms with Gasteiger partial charge in [-0.05, 0) is 72.5 Å². The number of aromatic nitrogens is 4. The fourth-order valence-corrected chi connectivity index (χ4v) is 4.08. The summed E-state index contributed by atoms with van der Waals surface area (Å²) in [7, 11) is 0. The molecule has 164 valence electrons. The lowest BCUT2D eigenvalue weighted by atomic mass is 9.96. The number of benzene rings is 2. The van der Waals surface area contributed by atoms with Crippen molar-refractivity contribution in [3.8, 4) is 11.4 Å². The van der Waals surface area contributed by atoms with E-state index in [4.69, 9.17) is 0 Å². The lowest BCUT2D eigenvalue weighted by molar-refractivity contribution is -0.121. The first-order chi connectivity index (χ1) is 15.6. The van der Waals surface area contributed by atoms with Crippen molar-refractivity contribution in [3.63, 3.8) is 0 Å². The fourth-order valence-electron chi connectivity index (χ4n) is 4.08. The van der Waals surface area contributed by atoms with E-state index in [0.29, 0.717) is 42.6 Å². The maximum Gasteiger partial charge on any atom is 0.253 e. The molecule has 2 aliphatic rings. The maximum atomic E-state index is 13.2. The van der Waals surface area contributed by atoms with Crippen LogP contribution in [0, 0.1) is 11.7 Å². The Morgan fingerprint density at radius 1 is 1.06 bits per heavy atom. The molecule has 1 N–H and O–H groups in total. The average Bonchev–Trinajstić information content (AvgIpc) is 3.55. The summed E-state index contributed by atoms with van der Waals surface area (Å²) in [6, 6.07) is 13.3. The van der Waals surface area contributed by atoms with Crippen LogP contribution in [0.25, 0.3) is 11.4 Å². The molecule has 8 nitrogen and oxygen atoms in total. The number of nitrogens with one attached hydrogen (secondary N) is 1. The zero-order chi connectivity index (χ0) is 22.1. The van der Waals surface area contributed by atoms with Crippen LogP contribution >= 0.6 is 0 Å². The van der Waals surface area contributed by atoms with Gasteiger partial charge in [-0.25, -0.2) is 9.07 Å². The molecule has 5 rings (SSSR count). The van der Waals surface area contributed by atoms with Gasteiger partial charge in [-0.1, -0.05) is 12.1 Å². The summed E-state index contributed by atoms with van der Waals surface area (Å²) in [6.45, 7) is 0.918. The summed E-state index contributed by atoms with van der Waals surface area (Å²) in [5, 5.41) is 15.0. The average molecular weight is 434 g/mol. The van der Waals surface area contributed by atoms with E-state index in [9.17, 15) is 14.0 Å².